The fourth-order valence-corrected chi connectivity index (χ4v) is 9.96. The molecule has 0 radical (unpaired) electrons. The van der Waals surface area contributed by atoms with E-state index >= 15 is 0 Å². The molecular formula is C31H44BrN3O5Si. The molecule has 1 atom stereocenters. The second-order valence-corrected chi connectivity index (χ2v) is 17.2. The average molecular weight is 647 g/mol. The molecule has 41 heavy (non-hydrogen) atoms. The van der Waals surface area contributed by atoms with Crippen molar-refractivity contribution in [2.24, 2.45) is 0 Å². The van der Waals surface area contributed by atoms with Crippen molar-refractivity contribution >= 4 is 40.7 Å². The number of halogens is 1. The van der Waals surface area contributed by atoms with Crippen molar-refractivity contribution in [3.63, 3.8) is 0 Å². The molecule has 0 spiro atoms. The van der Waals surface area contributed by atoms with Crippen LogP contribution in [0.1, 0.15) is 53.7 Å². The molecule has 0 fully saturated rings. The van der Waals surface area contributed by atoms with Gasteiger partial charge in [-0.15, -0.1) is 0 Å². The Balaban J connectivity index is 1.66. The third-order valence-corrected chi connectivity index (χ3v) is 12.0. The largest absolute Gasteiger partial charge is 0.444 e. The normalized spacial score (nSPS) is 13.2. The maximum Gasteiger partial charge on any atom is 0.408 e. The summed E-state index contributed by atoms with van der Waals surface area (Å²) in [5, 5.41) is 19.4. The Kier molecular flexibility index (Phi) is 11.7. The fraction of sp³-hybridized carbons (Fsp3) is 0.484. The Morgan fingerprint density at radius 3 is 2.10 bits per heavy atom. The van der Waals surface area contributed by atoms with E-state index in [0.29, 0.717) is 36.5 Å². The number of aliphatic hydroxyl groups excluding tert-OH is 1. The van der Waals surface area contributed by atoms with Gasteiger partial charge in [-0.1, -0.05) is 81.4 Å². The zero-order valence-electron chi connectivity index (χ0n) is 25.0. The highest BCUT2D eigenvalue weighted by Gasteiger charge is 2.49. The number of hydrogen-bond acceptors (Lipinski definition) is 6. The van der Waals surface area contributed by atoms with Crippen LogP contribution in [0, 0.1) is 0 Å². The Morgan fingerprint density at radius 2 is 1.59 bits per heavy atom. The first-order valence-corrected chi connectivity index (χ1v) is 16.7. The van der Waals surface area contributed by atoms with Gasteiger partial charge in [0.05, 0.1) is 31.5 Å². The topological polar surface area (TPSA) is 94.8 Å². The van der Waals surface area contributed by atoms with Crippen molar-refractivity contribution in [1.82, 2.24) is 15.1 Å². The van der Waals surface area contributed by atoms with E-state index in [1.165, 1.54) is 10.4 Å². The van der Waals surface area contributed by atoms with E-state index in [4.69, 9.17) is 13.9 Å². The van der Waals surface area contributed by atoms with Crippen molar-refractivity contribution in [3.8, 4) is 0 Å². The van der Waals surface area contributed by atoms with Crippen LogP contribution in [0.3, 0.4) is 0 Å². The summed E-state index contributed by atoms with van der Waals surface area (Å²) in [5.41, 5.74) is 0.00485. The van der Waals surface area contributed by atoms with Crippen LogP contribution in [0.15, 0.2) is 71.3 Å². The van der Waals surface area contributed by atoms with Gasteiger partial charge >= 0.3 is 6.09 Å². The number of ether oxygens (including phenoxy) is 2. The Hall–Kier alpha value is -2.50. The van der Waals surface area contributed by atoms with Crippen LogP contribution < -0.4 is 15.7 Å². The fourth-order valence-electron chi connectivity index (χ4n) is 4.90. The summed E-state index contributed by atoms with van der Waals surface area (Å²) in [7, 11) is -2.60. The summed E-state index contributed by atoms with van der Waals surface area (Å²) in [6, 6.07) is 22.5. The Bertz CT molecular complexity index is 1190. The van der Waals surface area contributed by atoms with Gasteiger partial charge < -0.3 is 24.3 Å². The number of benzene rings is 2. The van der Waals surface area contributed by atoms with Crippen LogP contribution in [-0.2, 0) is 27.1 Å². The molecule has 2 aromatic carbocycles. The summed E-state index contributed by atoms with van der Waals surface area (Å²) in [6.07, 6.45) is 0.164. The maximum absolute atomic E-state index is 12.5. The van der Waals surface area contributed by atoms with Crippen molar-refractivity contribution < 1.29 is 23.8 Å². The molecule has 1 aromatic heterocycles. The Morgan fingerprint density at radius 1 is 1.00 bits per heavy atom. The highest BCUT2D eigenvalue weighted by molar-refractivity contribution is 9.10. The first-order chi connectivity index (χ1) is 19.4. The number of rotatable bonds is 13. The van der Waals surface area contributed by atoms with Crippen molar-refractivity contribution in [1.29, 1.82) is 0 Å². The van der Waals surface area contributed by atoms with Crippen LogP contribution in [0.5, 0.6) is 0 Å². The van der Waals surface area contributed by atoms with Gasteiger partial charge in [0.15, 0.2) is 0 Å². The van der Waals surface area contributed by atoms with Gasteiger partial charge in [-0.2, -0.15) is 5.10 Å². The lowest BCUT2D eigenvalue weighted by atomic mass is 10.2. The number of nitrogens with one attached hydrogen (secondary N) is 1. The van der Waals surface area contributed by atoms with E-state index in [2.05, 4.69) is 95.6 Å². The lowest BCUT2D eigenvalue weighted by Gasteiger charge is -2.43. The molecule has 0 bridgehead atoms. The van der Waals surface area contributed by atoms with E-state index in [-0.39, 0.29) is 18.3 Å². The van der Waals surface area contributed by atoms with Gasteiger partial charge in [-0.3, -0.25) is 4.68 Å². The third-order valence-electron chi connectivity index (χ3n) is 6.60. The molecule has 0 aliphatic heterocycles. The van der Waals surface area contributed by atoms with Gasteiger partial charge in [-0.05, 0) is 64.6 Å². The second kappa shape index (κ2) is 14.6. The highest BCUT2D eigenvalue weighted by atomic mass is 79.9. The zero-order chi connectivity index (χ0) is 30.1. The smallest absolute Gasteiger partial charge is 0.408 e. The molecule has 2 N–H and O–H groups in total. The molecule has 0 aliphatic carbocycles. The lowest BCUT2D eigenvalue weighted by Crippen LogP contribution is -2.66. The number of aliphatic hydroxyl groups is 1. The van der Waals surface area contributed by atoms with Crippen molar-refractivity contribution in [3.05, 3.63) is 77.0 Å². The van der Waals surface area contributed by atoms with Crippen LogP contribution in [0.4, 0.5) is 4.79 Å². The van der Waals surface area contributed by atoms with E-state index in [0.717, 1.165) is 0 Å². The molecule has 0 saturated heterocycles. The van der Waals surface area contributed by atoms with Gasteiger partial charge in [0.1, 0.15) is 10.2 Å². The minimum atomic E-state index is -2.60. The SMILES string of the molecule is CC(C)(C)OC(=O)N[C@H](COCCCO[Si](c1ccccc1)(c1ccccc1)C(C)(C)C)Cn1nc(Br)cc1CO. The zero-order valence-corrected chi connectivity index (χ0v) is 27.6. The molecule has 3 rings (SSSR count). The molecule has 0 aliphatic rings. The van der Waals surface area contributed by atoms with Crippen LogP contribution in [0.2, 0.25) is 5.04 Å². The molecule has 8 nitrogen and oxygen atoms in total. The predicted molar refractivity (Wildman–Crippen MR) is 168 cm³/mol. The number of carbonyl (C=O) groups excluding carboxylic acids is 1. The number of nitrogens with zero attached hydrogens (tertiary/aromatic N) is 2. The molecule has 1 heterocycles. The van der Waals surface area contributed by atoms with E-state index < -0.39 is 26.1 Å². The predicted octanol–water partition coefficient (Wildman–Crippen LogP) is 5.01. The number of hydrogen-bond donors (Lipinski definition) is 2. The average Bonchev–Trinajstić information content (AvgIpc) is 3.26. The Labute approximate surface area is 253 Å². The second-order valence-electron chi connectivity index (χ2n) is 12.1. The van der Waals surface area contributed by atoms with Gasteiger partial charge in [0.25, 0.3) is 8.32 Å². The van der Waals surface area contributed by atoms with Gasteiger partial charge in [0, 0.05) is 13.2 Å². The maximum atomic E-state index is 12.5. The van der Waals surface area contributed by atoms with Crippen molar-refractivity contribution in [2.75, 3.05) is 19.8 Å². The van der Waals surface area contributed by atoms with Crippen molar-refractivity contribution in [2.45, 2.75) is 77.8 Å². The minimum absolute atomic E-state index is 0.0958. The number of aromatic nitrogens is 2. The molecule has 10 heteroatoms. The molecular weight excluding hydrogens is 602 g/mol. The number of carbonyl (C=O) groups is 1. The quantitative estimate of drug-likeness (QED) is 0.200. The monoisotopic (exact) mass is 645 g/mol. The molecule has 1 amide bonds. The molecule has 0 saturated carbocycles. The first-order valence-electron chi connectivity index (χ1n) is 14.0. The summed E-state index contributed by atoms with van der Waals surface area (Å²) < 4.78 is 20.7. The molecule has 3 aromatic rings. The van der Waals surface area contributed by atoms with Gasteiger partial charge in [-0.25, -0.2) is 4.79 Å². The number of amides is 1. The van der Waals surface area contributed by atoms with Crippen LogP contribution in [0.25, 0.3) is 0 Å². The first kappa shape index (κ1) is 33.0. The summed E-state index contributed by atoms with van der Waals surface area (Å²) in [6.45, 7) is 13.6. The number of alkyl carbamates (subject to hydrolysis) is 1. The summed E-state index contributed by atoms with van der Waals surface area (Å²) in [5.74, 6) is 0. The highest BCUT2D eigenvalue weighted by Crippen LogP contribution is 2.36. The van der Waals surface area contributed by atoms with E-state index in [9.17, 15) is 9.90 Å². The van der Waals surface area contributed by atoms with E-state index in [1.807, 2.05) is 32.9 Å². The minimum Gasteiger partial charge on any atom is -0.444 e. The standard InChI is InChI=1S/C31H44BrN3O5Si/c1-30(2,3)40-29(37)33-24(21-35-25(22-36)20-28(32)34-35)23-38-18-13-19-39-41(31(4,5)6,26-14-9-7-10-15-26)27-16-11-8-12-17-27/h7-12,14-17,20,24,36H,13,18-19,21-23H2,1-6H3,(H,33,37)/t24-/m0/s1. The van der Waals surface area contributed by atoms with Crippen LogP contribution >= 0.6 is 15.9 Å². The van der Waals surface area contributed by atoms with Gasteiger partial charge in [0.2, 0.25) is 0 Å². The lowest BCUT2D eigenvalue weighted by molar-refractivity contribution is 0.0416. The summed E-state index contributed by atoms with van der Waals surface area (Å²) >= 11 is 3.35. The third kappa shape index (κ3) is 9.24. The summed E-state index contributed by atoms with van der Waals surface area (Å²) in [4.78, 5) is 12.5. The van der Waals surface area contributed by atoms with Crippen LogP contribution in [-0.4, -0.2) is 60.8 Å². The van der Waals surface area contributed by atoms with E-state index in [1.54, 1.807) is 10.7 Å². The molecule has 224 valence electrons. The molecule has 0 unspecified atom stereocenters.